The average molecular weight is 415 g/mol. The number of amides is 1. The number of nitrogens with one attached hydrogen (secondary N) is 1. The van der Waals surface area contributed by atoms with Gasteiger partial charge in [0.1, 0.15) is 12.1 Å². The maximum absolute atomic E-state index is 12.3. The minimum atomic E-state index is -0.596. The molecule has 0 fully saturated rings. The topological polar surface area (TPSA) is 144 Å². The van der Waals surface area contributed by atoms with E-state index in [4.69, 9.17) is 15.3 Å². The number of hydrogen-bond acceptors (Lipinski definition) is 9. The van der Waals surface area contributed by atoms with Gasteiger partial charge in [-0.1, -0.05) is 19.1 Å². The lowest BCUT2D eigenvalue weighted by Gasteiger charge is -2.27. The second-order valence-electron chi connectivity index (χ2n) is 6.56. The maximum atomic E-state index is 12.3. The third-order valence-electron chi connectivity index (χ3n) is 4.37. The van der Waals surface area contributed by atoms with Gasteiger partial charge in [-0.05, 0) is 29.8 Å². The van der Waals surface area contributed by atoms with E-state index < -0.39 is 5.97 Å². The lowest BCUT2D eigenvalue weighted by Crippen LogP contribution is -2.38. The van der Waals surface area contributed by atoms with Crippen LogP contribution in [0.25, 0.3) is 0 Å². The van der Waals surface area contributed by atoms with Crippen molar-refractivity contribution >= 4 is 29.0 Å². The van der Waals surface area contributed by atoms with E-state index in [1.165, 1.54) is 6.20 Å². The van der Waals surface area contributed by atoms with Crippen LogP contribution >= 0.6 is 0 Å². The van der Waals surface area contributed by atoms with Gasteiger partial charge in [0.15, 0.2) is 6.73 Å². The highest BCUT2D eigenvalue weighted by Gasteiger charge is 2.28. The van der Waals surface area contributed by atoms with Crippen LogP contribution in [0.15, 0.2) is 59.0 Å². The van der Waals surface area contributed by atoms with Gasteiger partial charge in [0.2, 0.25) is 11.6 Å². The van der Waals surface area contributed by atoms with Crippen LogP contribution in [-0.2, 0) is 9.53 Å². The van der Waals surface area contributed by atoms with Crippen molar-refractivity contribution in [2.75, 3.05) is 12.2 Å². The molecule has 31 heavy (non-hydrogen) atoms. The average Bonchev–Trinajstić information content (AvgIpc) is 2.80. The van der Waals surface area contributed by atoms with E-state index in [0.29, 0.717) is 11.4 Å². The van der Waals surface area contributed by atoms with Crippen LogP contribution in [-0.4, -0.2) is 40.0 Å². The third-order valence-corrected chi connectivity index (χ3v) is 4.37. The Morgan fingerprint density at radius 2 is 2.03 bits per heavy atom. The summed E-state index contributed by atoms with van der Waals surface area (Å²) in [6.45, 7) is 1.58. The van der Waals surface area contributed by atoms with Crippen LogP contribution in [0, 0.1) is 28.6 Å². The monoisotopic (exact) mass is 415 g/mol. The van der Waals surface area contributed by atoms with Gasteiger partial charge in [0, 0.05) is 24.7 Å². The summed E-state index contributed by atoms with van der Waals surface area (Å²) >= 11 is 0. The molecule has 0 saturated heterocycles. The fraction of sp³-hybridized carbons (Fsp3) is 0.190. The first-order chi connectivity index (χ1) is 15.0. The number of benzene rings is 1. The zero-order valence-corrected chi connectivity index (χ0v) is 16.5. The maximum Gasteiger partial charge on any atom is 0.341 e. The molecule has 10 nitrogen and oxygen atoms in total. The number of anilines is 1. The standard InChI is InChI=1S/C21H17N7O3/c1-14-9-19(29)28(13-31-21(30)16-3-2-8-24-12-16)27-20(14)15-4-6-17(7-5-15)25-26-18(10-22)11-23/h2-8,12,14,25H,9,13H2,1H3. The summed E-state index contributed by atoms with van der Waals surface area (Å²) in [5.41, 5.74) is 4.65. The van der Waals surface area contributed by atoms with Gasteiger partial charge in [-0.15, -0.1) is 0 Å². The van der Waals surface area contributed by atoms with E-state index in [-0.39, 0.29) is 36.3 Å². The molecular weight excluding hydrogens is 398 g/mol. The Kier molecular flexibility index (Phi) is 6.66. The molecule has 1 aliphatic rings. The molecule has 2 aromatic rings. The molecular formula is C21H17N7O3. The number of hydrogen-bond donors (Lipinski definition) is 1. The van der Waals surface area contributed by atoms with Gasteiger partial charge in [0.05, 0.1) is 17.0 Å². The van der Waals surface area contributed by atoms with E-state index in [9.17, 15) is 9.59 Å². The number of rotatable bonds is 6. The SMILES string of the molecule is CC1CC(=O)N(COC(=O)c2cccnc2)N=C1c1ccc(NN=C(C#N)C#N)cc1. The molecule has 3 rings (SSSR count). The number of hydrazone groups is 2. The second-order valence-corrected chi connectivity index (χ2v) is 6.56. The molecule has 1 aliphatic heterocycles. The number of esters is 1. The molecule has 1 amide bonds. The summed E-state index contributed by atoms with van der Waals surface area (Å²) in [5.74, 6) is -0.969. The minimum Gasteiger partial charge on any atom is -0.439 e. The lowest BCUT2D eigenvalue weighted by molar-refractivity contribution is -0.136. The number of carbonyl (C=O) groups is 2. The van der Waals surface area contributed by atoms with Gasteiger partial charge < -0.3 is 4.74 Å². The van der Waals surface area contributed by atoms with Crippen molar-refractivity contribution in [2.45, 2.75) is 13.3 Å². The number of ether oxygens (including phenoxy) is 1. The van der Waals surface area contributed by atoms with E-state index in [2.05, 4.69) is 20.6 Å². The third kappa shape index (κ3) is 5.28. The van der Waals surface area contributed by atoms with E-state index in [1.807, 2.05) is 6.92 Å². The zero-order valence-electron chi connectivity index (χ0n) is 16.5. The Hall–Kier alpha value is -4.57. The van der Waals surface area contributed by atoms with Crippen molar-refractivity contribution in [3.05, 3.63) is 59.9 Å². The van der Waals surface area contributed by atoms with Gasteiger partial charge in [0.25, 0.3) is 0 Å². The Morgan fingerprint density at radius 3 is 2.68 bits per heavy atom. The Bertz CT molecular complexity index is 1100. The molecule has 154 valence electrons. The van der Waals surface area contributed by atoms with Crippen LogP contribution in [0.1, 0.15) is 29.3 Å². The smallest absolute Gasteiger partial charge is 0.341 e. The zero-order chi connectivity index (χ0) is 22.2. The quantitative estimate of drug-likeness (QED) is 0.433. The summed E-state index contributed by atoms with van der Waals surface area (Å²) in [5, 5.41) is 26.6. The first-order valence-corrected chi connectivity index (χ1v) is 9.22. The van der Waals surface area contributed by atoms with Crippen LogP contribution in [0.5, 0.6) is 0 Å². The van der Waals surface area contributed by atoms with Gasteiger partial charge in [-0.3, -0.25) is 15.2 Å². The lowest BCUT2D eigenvalue weighted by atomic mass is 9.94. The molecule has 1 aromatic heterocycles. The molecule has 2 heterocycles. The number of carbonyl (C=O) groups excluding carboxylic acids is 2. The molecule has 1 aromatic carbocycles. The first kappa shape index (κ1) is 21.1. The Labute approximate surface area is 178 Å². The molecule has 1 unspecified atom stereocenters. The minimum absolute atomic E-state index is 0.126. The number of nitrogens with zero attached hydrogens (tertiary/aromatic N) is 6. The van der Waals surface area contributed by atoms with Crippen molar-refractivity contribution < 1.29 is 14.3 Å². The summed E-state index contributed by atoms with van der Waals surface area (Å²) in [6.07, 6.45) is 3.15. The molecule has 1 atom stereocenters. The number of aromatic nitrogens is 1. The number of nitriles is 2. The van der Waals surface area contributed by atoms with Crippen LogP contribution in [0.2, 0.25) is 0 Å². The summed E-state index contributed by atoms with van der Waals surface area (Å²) < 4.78 is 5.19. The Morgan fingerprint density at radius 1 is 1.29 bits per heavy atom. The normalized spacial score (nSPS) is 15.2. The molecule has 1 N–H and O–H groups in total. The highest BCUT2D eigenvalue weighted by Crippen LogP contribution is 2.22. The van der Waals surface area contributed by atoms with Gasteiger partial charge in [-0.2, -0.15) is 25.7 Å². The highest BCUT2D eigenvalue weighted by molar-refractivity contribution is 6.10. The highest BCUT2D eigenvalue weighted by atomic mass is 16.5. The summed E-state index contributed by atoms with van der Waals surface area (Å²) in [4.78, 5) is 28.3. The van der Waals surface area contributed by atoms with Gasteiger partial charge >= 0.3 is 5.97 Å². The predicted molar refractivity (Wildman–Crippen MR) is 110 cm³/mol. The molecule has 0 bridgehead atoms. The van der Waals surface area contributed by atoms with Crippen molar-refractivity contribution in [3.63, 3.8) is 0 Å². The fourth-order valence-electron chi connectivity index (χ4n) is 2.79. The number of pyridine rings is 1. The second kappa shape index (κ2) is 9.76. The molecule has 10 heteroatoms. The van der Waals surface area contributed by atoms with Crippen LogP contribution in [0.3, 0.4) is 0 Å². The van der Waals surface area contributed by atoms with Crippen molar-refractivity contribution in [3.8, 4) is 12.1 Å². The first-order valence-electron chi connectivity index (χ1n) is 9.22. The van der Waals surface area contributed by atoms with Crippen LogP contribution in [0.4, 0.5) is 5.69 Å². The van der Waals surface area contributed by atoms with Crippen molar-refractivity contribution in [1.29, 1.82) is 10.5 Å². The molecule has 0 aliphatic carbocycles. The Balaban J connectivity index is 1.71. The van der Waals surface area contributed by atoms with Crippen LogP contribution < -0.4 is 5.43 Å². The van der Waals surface area contributed by atoms with E-state index in [1.54, 1.807) is 54.7 Å². The summed E-state index contributed by atoms with van der Waals surface area (Å²) in [7, 11) is 0. The molecule has 0 radical (unpaired) electrons. The molecule has 0 spiro atoms. The largest absolute Gasteiger partial charge is 0.439 e. The molecule has 0 saturated carbocycles. The van der Waals surface area contributed by atoms with E-state index in [0.717, 1.165) is 10.6 Å². The van der Waals surface area contributed by atoms with Crippen molar-refractivity contribution in [1.82, 2.24) is 9.99 Å². The van der Waals surface area contributed by atoms with E-state index >= 15 is 0 Å². The fourth-order valence-corrected chi connectivity index (χ4v) is 2.79. The predicted octanol–water partition coefficient (Wildman–Crippen LogP) is 2.28. The van der Waals surface area contributed by atoms with Gasteiger partial charge in [-0.25, -0.2) is 4.79 Å². The summed E-state index contributed by atoms with van der Waals surface area (Å²) in [6, 6.07) is 13.5. The van der Waals surface area contributed by atoms with Crippen molar-refractivity contribution in [2.24, 2.45) is 16.1 Å².